The number of ether oxygens (including phenoxy) is 1. The van der Waals surface area contributed by atoms with Crippen molar-refractivity contribution in [3.05, 3.63) is 22.2 Å². The van der Waals surface area contributed by atoms with Crippen molar-refractivity contribution in [3.63, 3.8) is 0 Å². The van der Waals surface area contributed by atoms with Crippen molar-refractivity contribution in [2.45, 2.75) is 45.6 Å². The van der Waals surface area contributed by atoms with Gasteiger partial charge in [-0.05, 0) is 20.8 Å². The van der Waals surface area contributed by atoms with Gasteiger partial charge in [0.1, 0.15) is 10.8 Å². The summed E-state index contributed by atoms with van der Waals surface area (Å²) in [6.07, 6.45) is -5.32. The zero-order chi connectivity index (χ0) is 16.0. The lowest BCUT2D eigenvalue weighted by Gasteiger charge is -2.23. The van der Waals surface area contributed by atoms with Crippen LogP contribution in [0.5, 0.6) is 0 Å². The minimum absolute atomic E-state index is 0.0290. The van der Waals surface area contributed by atoms with Crippen LogP contribution in [0.25, 0.3) is 0 Å². The molecule has 0 saturated carbocycles. The zero-order valence-electron chi connectivity index (χ0n) is 11.6. The van der Waals surface area contributed by atoms with Crippen molar-refractivity contribution in [3.8, 4) is 0 Å². The third-order valence-electron chi connectivity index (χ3n) is 2.64. The van der Waals surface area contributed by atoms with Crippen LogP contribution in [-0.4, -0.2) is 26.6 Å². The second-order valence-electron chi connectivity index (χ2n) is 5.60. The predicted molar refractivity (Wildman–Crippen MR) is 67.5 cm³/mol. The molecule has 1 aliphatic heterocycles. The van der Waals surface area contributed by atoms with Gasteiger partial charge in [-0.2, -0.15) is 13.2 Å². The summed E-state index contributed by atoms with van der Waals surface area (Å²) in [5.74, 6) is -1.31. The van der Waals surface area contributed by atoms with Gasteiger partial charge in [0.05, 0.1) is 18.8 Å². The van der Waals surface area contributed by atoms with E-state index < -0.39 is 23.7 Å². The molecule has 0 unspecified atom stereocenters. The molecule has 0 aliphatic carbocycles. The Labute approximate surface area is 124 Å². The number of halogens is 4. The second kappa shape index (κ2) is 5.01. The first-order valence-corrected chi connectivity index (χ1v) is 6.45. The van der Waals surface area contributed by atoms with Gasteiger partial charge in [-0.3, -0.25) is 4.90 Å². The molecule has 2 heterocycles. The molecule has 0 aromatic carbocycles. The van der Waals surface area contributed by atoms with Gasteiger partial charge >= 0.3 is 12.3 Å². The Balaban J connectivity index is 2.23. The number of hydrogen-bond acceptors (Lipinski definition) is 4. The number of carbonyl (C=O) groups excluding carboxylic acids is 1. The van der Waals surface area contributed by atoms with Gasteiger partial charge < -0.3 is 4.74 Å². The first-order chi connectivity index (χ1) is 9.47. The summed E-state index contributed by atoms with van der Waals surface area (Å²) in [5, 5.41) is -0.293. The standard InChI is InChI=1S/C12H13ClF3N3O2/c1-11(2,3)21-10(20)19-4-6-7(5-19)17-9(12(14,15)16)18-8(6)13/h4-5H2,1-3H3. The number of nitrogens with zero attached hydrogens (tertiary/aromatic N) is 3. The molecule has 0 spiro atoms. The first kappa shape index (κ1) is 15.8. The van der Waals surface area contributed by atoms with Gasteiger partial charge in [0.15, 0.2) is 0 Å². The van der Waals surface area contributed by atoms with E-state index in [-0.39, 0.29) is 23.9 Å². The van der Waals surface area contributed by atoms with E-state index in [9.17, 15) is 18.0 Å². The van der Waals surface area contributed by atoms with E-state index in [0.29, 0.717) is 5.56 Å². The van der Waals surface area contributed by atoms with Crippen LogP contribution in [0.1, 0.15) is 37.9 Å². The smallest absolute Gasteiger partial charge is 0.444 e. The Morgan fingerprint density at radius 1 is 1.24 bits per heavy atom. The number of alkyl halides is 3. The molecule has 1 amide bonds. The van der Waals surface area contributed by atoms with Crippen LogP contribution < -0.4 is 0 Å². The topological polar surface area (TPSA) is 55.3 Å². The normalized spacial score (nSPS) is 15.1. The van der Waals surface area contributed by atoms with Crippen molar-refractivity contribution in [2.75, 3.05) is 0 Å². The van der Waals surface area contributed by atoms with E-state index in [4.69, 9.17) is 16.3 Å². The van der Waals surface area contributed by atoms with Gasteiger partial charge in [-0.15, -0.1) is 0 Å². The summed E-state index contributed by atoms with van der Waals surface area (Å²) < 4.78 is 43.0. The number of rotatable bonds is 0. The summed E-state index contributed by atoms with van der Waals surface area (Å²) in [5.41, 5.74) is -0.290. The summed E-state index contributed by atoms with van der Waals surface area (Å²) in [6.45, 7) is 5.03. The molecular formula is C12H13ClF3N3O2. The second-order valence-corrected chi connectivity index (χ2v) is 5.96. The molecule has 1 aromatic rings. The summed E-state index contributed by atoms with van der Waals surface area (Å²) in [7, 11) is 0. The van der Waals surface area contributed by atoms with Crippen LogP contribution >= 0.6 is 11.6 Å². The van der Waals surface area contributed by atoms with E-state index in [1.807, 2.05) is 0 Å². The minimum atomic E-state index is -4.68. The molecular weight excluding hydrogens is 311 g/mol. The average Bonchev–Trinajstić information content (AvgIpc) is 2.69. The molecule has 5 nitrogen and oxygen atoms in total. The van der Waals surface area contributed by atoms with Crippen molar-refractivity contribution < 1.29 is 22.7 Å². The SMILES string of the molecule is CC(C)(C)OC(=O)N1Cc2nc(C(F)(F)F)nc(Cl)c2C1. The largest absolute Gasteiger partial charge is 0.451 e. The Morgan fingerprint density at radius 3 is 2.38 bits per heavy atom. The van der Waals surface area contributed by atoms with Crippen LogP contribution in [0.4, 0.5) is 18.0 Å². The molecule has 116 valence electrons. The lowest BCUT2D eigenvalue weighted by molar-refractivity contribution is -0.145. The number of fused-ring (bicyclic) bond motifs is 1. The minimum Gasteiger partial charge on any atom is -0.444 e. The van der Waals surface area contributed by atoms with Gasteiger partial charge in [-0.1, -0.05) is 11.6 Å². The van der Waals surface area contributed by atoms with E-state index in [2.05, 4.69) is 9.97 Å². The van der Waals surface area contributed by atoms with Gasteiger partial charge in [0.2, 0.25) is 5.82 Å². The molecule has 21 heavy (non-hydrogen) atoms. The highest BCUT2D eigenvalue weighted by molar-refractivity contribution is 6.30. The van der Waals surface area contributed by atoms with Crippen LogP contribution in [0.15, 0.2) is 0 Å². The fraction of sp³-hybridized carbons (Fsp3) is 0.583. The average molecular weight is 324 g/mol. The Morgan fingerprint density at radius 2 is 1.86 bits per heavy atom. The zero-order valence-corrected chi connectivity index (χ0v) is 12.3. The maximum atomic E-state index is 12.6. The third kappa shape index (κ3) is 3.55. The number of aromatic nitrogens is 2. The molecule has 1 aromatic heterocycles. The van der Waals surface area contributed by atoms with Crippen LogP contribution in [-0.2, 0) is 24.0 Å². The van der Waals surface area contributed by atoms with Gasteiger partial charge in [-0.25, -0.2) is 14.8 Å². The summed E-state index contributed by atoms with van der Waals surface area (Å²) in [4.78, 5) is 19.8. The molecule has 0 fully saturated rings. The van der Waals surface area contributed by atoms with E-state index in [1.165, 1.54) is 4.90 Å². The maximum absolute atomic E-state index is 12.6. The van der Waals surface area contributed by atoms with E-state index in [1.54, 1.807) is 20.8 Å². The Kier molecular flexibility index (Phi) is 3.77. The van der Waals surface area contributed by atoms with Crippen molar-refractivity contribution >= 4 is 17.7 Å². The van der Waals surface area contributed by atoms with Crippen LogP contribution in [0.3, 0.4) is 0 Å². The molecule has 2 rings (SSSR count). The predicted octanol–water partition coefficient (Wildman–Crippen LogP) is 3.40. The van der Waals surface area contributed by atoms with Gasteiger partial charge in [0.25, 0.3) is 0 Å². The fourth-order valence-corrected chi connectivity index (χ4v) is 2.05. The number of carbonyl (C=O) groups is 1. The highest BCUT2D eigenvalue weighted by Crippen LogP contribution is 2.33. The Hall–Kier alpha value is -1.57. The van der Waals surface area contributed by atoms with Crippen molar-refractivity contribution in [1.29, 1.82) is 0 Å². The van der Waals surface area contributed by atoms with Crippen LogP contribution in [0, 0.1) is 0 Å². The fourth-order valence-electron chi connectivity index (χ4n) is 1.80. The molecule has 9 heteroatoms. The monoisotopic (exact) mass is 323 g/mol. The highest BCUT2D eigenvalue weighted by atomic mass is 35.5. The quantitative estimate of drug-likeness (QED) is 0.687. The maximum Gasteiger partial charge on any atom is 0.451 e. The lowest BCUT2D eigenvalue weighted by atomic mass is 10.2. The molecule has 1 aliphatic rings. The van der Waals surface area contributed by atoms with E-state index >= 15 is 0 Å². The van der Waals surface area contributed by atoms with Gasteiger partial charge in [0, 0.05) is 5.56 Å². The first-order valence-electron chi connectivity index (χ1n) is 6.08. The van der Waals surface area contributed by atoms with E-state index in [0.717, 1.165) is 0 Å². The number of hydrogen-bond donors (Lipinski definition) is 0. The van der Waals surface area contributed by atoms with Crippen molar-refractivity contribution in [1.82, 2.24) is 14.9 Å². The third-order valence-corrected chi connectivity index (χ3v) is 2.95. The van der Waals surface area contributed by atoms with Crippen molar-refractivity contribution in [2.24, 2.45) is 0 Å². The lowest BCUT2D eigenvalue weighted by Crippen LogP contribution is -2.33. The molecule has 0 saturated heterocycles. The summed E-state index contributed by atoms with van der Waals surface area (Å²) >= 11 is 5.75. The molecule has 0 radical (unpaired) electrons. The molecule has 0 bridgehead atoms. The summed E-state index contributed by atoms with van der Waals surface area (Å²) in [6, 6.07) is 0. The Bertz CT molecular complexity index is 584. The number of amides is 1. The van der Waals surface area contributed by atoms with Crippen LogP contribution in [0.2, 0.25) is 5.15 Å². The highest BCUT2D eigenvalue weighted by Gasteiger charge is 2.38. The molecule has 0 N–H and O–H groups in total. The molecule has 0 atom stereocenters.